The number of rotatable bonds is 3. The van der Waals surface area contributed by atoms with Crippen molar-refractivity contribution >= 4 is 28.4 Å². The first kappa shape index (κ1) is 17.1. The lowest BCUT2D eigenvalue weighted by atomic mass is 9.91. The van der Waals surface area contributed by atoms with Crippen LogP contribution in [0.15, 0.2) is 54.2 Å². The molecular weight excluding hydrogens is 347 g/mol. The zero-order valence-electron chi connectivity index (χ0n) is 14.7. The number of ketones is 1. The fraction of sp³-hybridized carbons (Fsp3) is 0.190. The molecule has 1 saturated carbocycles. The van der Waals surface area contributed by atoms with Crippen molar-refractivity contribution in [1.29, 1.82) is 0 Å². The molecule has 27 heavy (non-hydrogen) atoms. The van der Waals surface area contributed by atoms with Gasteiger partial charge in [0.2, 0.25) is 0 Å². The molecule has 0 aliphatic heterocycles. The molecule has 136 valence electrons. The van der Waals surface area contributed by atoms with Gasteiger partial charge in [0.15, 0.2) is 5.78 Å². The lowest BCUT2D eigenvalue weighted by molar-refractivity contribution is -0.385. The molecule has 1 atom stereocenters. The summed E-state index contributed by atoms with van der Waals surface area (Å²) in [4.78, 5) is 23.3. The molecule has 1 aromatic heterocycles. The summed E-state index contributed by atoms with van der Waals surface area (Å²) in [5.41, 5.74) is 2.49. The van der Waals surface area contributed by atoms with E-state index in [1.807, 2.05) is 42.1 Å². The Labute approximate surface area is 154 Å². The summed E-state index contributed by atoms with van der Waals surface area (Å²) >= 11 is 0. The van der Waals surface area contributed by atoms with Crippen LogP contribution in [0.1, 0.15) is 29.9 Å². The van der Waals surface area contributed by atoms with Gasteiger partial charge in [-0.1, -0.05) is 18.2 Å². The van der Waals surface area contributed by atoms with E-state index in [0.717, 1.165) is 34.7 Å². The van der Waals surface area contributed by atoms with Crippen molar-refractivity contribution in [2.24, 2.45) is 7.05 Å². The van der Waals surface area contributed by atoms with Crippen LogP contribution in [0.3, 0.4) is 0 Å². The third kappa shape index (κ3) is 2.93. The Morgan fingerprint density at radius 2 is 2.04 bits per heavy atom. The molecule has 5 nitrogen and oxygen atoms in total. The van der Waals surface area contributed by atoms with Gasteiger partial charge in [-0.05, 0) is 36.3 Å². The van der Waals surface area contributed by atoms with E-state index in [0.29, 0.717) is 18.4 Å². The number of nitrogens with zero attached hydrogens (tertiary/aromatic N) is 2. The molecule has 1 aliphatic rings. The average Bonchev–Trinajstić information content (AvgIpc) is 3.16. The van der Waals surface area contributed by atoms with Crippen molar-refractivity contribution in [3.8, 4) is 0 Å². The van der Waals surface area contributed by atoms with Crippen molar-refractivity contribution in [3.05, 3.63) is 81.3 Å². The molecule has 0 amide bonds. The molecule has 0 saturated heterocycles. The lowest BCUT2D eigenvalue weighted by Gasteiger charge is -2.11. The highest BCUT2D eigenvalue weighted by Crippen LogP contribution is 2.42. The second kappa shape index (κ2) is 6.46. The zero-order valence-corrected chi connectivity index (χ0v) is 14.7. The summed E-state index contributed by atoms with van der Waals surface area (Å²) in [7, 11) is 1.95. The van der Waals surface area contributed by atoms with E-state index in [-0.39, 0.29) is 23.0 Å². The highest BCUT2D eigenvalue weighted by atomic mass is 19.1. The number of benzene rings is 2. The van der Waals surface area contributed by atoms with Gasteiger partial charge in [0.25, 0.3) is 5.69 Å². The highest BCUT2D eigenvalue weighted by molar-refractivity contribution is 6.04. The molecule has 6 heteroatoms. The van der Waals surface area contributed by atoms with Gasteiger partial charge in [0.1, 0.15) is 5.82 Å². The number of carbonyl (C=O) groups excluding carboxylic acids is 1. The van der Waals surface area contributed by atoms with Gasteiger partial charge < -0.3 is 4.57 Å². The number of fused-ring (bicyclic) bond motifs is 1. The molecule has 0 radical (unpaired) electrons. The first-order chi connectivity index (χ1) is 13.0. The second-order valence-corrected chi connectivity index (χ2v) is 6.79. The Morgan fingerprint density at radius 1 is 1.26 bits per heavy atom. The van der Waals surface area contributed by atoms with Gasteiger partial charge >= 0.3 is 0 Å². The van der Waals surface area contributed by atoms with Crippen molar-refractivity contribution in [1.82, 2.24) is 4.57 Å². The Bertz CT molecular complexity index is 1110. The van der Waals surface area contributed by atoms with Gasteiger partial charge in [-0.15, -0.1) is 0 Å². The predicted molar refractivity (Wildman–Crippen MR) is 101 cm³/mol. The van der Waals surface area contributed by atoms with E-state index in [1.54, 1.807) is 0 Å². The highest BCUT2D eigenvalue weighted by Gasteiger charge is 2.32. The minimum atomic E-state index is -0.570. The maximum absolute atomic E-state index is 13.7. The molecule has 1 heterocycles. The number of Topliss-reactive ketones (excluding diaryl/α,β-unsaturated/α-hetero) is 1. The first-order valence-corrected chi connectivity index (χ1v) is 8.68. The molecular formula is C21H17FN2O3. The molecule has 1 unspecified atom stereocenters. The van der Waals surface area contributed by atoms with Crippen molar-refractivity contribution in [2.75, 3.05) is 0 Å². The van der Waals surface area contributed by atoms with Crippen LogP contribution in [0.4, 0.5) is 10.1 Å². The molecule has 1 aliphatic carbocycles. The third-order valence-corrected chi connectivity index (χ3v) is 5.16. The summed E-state index contributed by atoms with van der Waals surface area (Å²) in [6, 6.07) is 11.2. The minimum absolute atomic E-state index is 0.0495. The largest absolute Gasteiger partial charge is 0.350 e. The molecule has 3 aromatic rings. The van der Waals surface area contributed by atoms with E-state index in [4.69, 9.17) is 0 Å². The third-order valence-electron chi connectivity index (χ3n) is 5.16. The smallest absolute Gasteiger partial charge is 0.276 e. The number of allylic oxidation sites excluding steroid dienone is 1. The van der Waals surface area contributed by atoms with Gasteiger partial charge in [0, 0.05) is 48.1 Å². The molecule has 0 bridgehead atoms. The summed E-state index contributed by atoms with van der Waals surface area (Å²) in [6.45, 7) is 0. The number of aryl methyl sites for hydroxylation is 1. The van der Waals surface area contributed by atoms with Crippen LogP contribution >= 0.6 is 0 Å². The van der Waals surface area contributed by atoms with E-state index in [1.165, 1.54) is 6.08 Å². The Hall–Kier alpha value is -3.28. The Morgan fingerprint density at radius 3 is 2.81 bits per heavy atom. The SMILES string of the molecule is Cn1cc(C2CCC(=O)/C2=C/c2cc(F)ccc2[N+](=O)[O-])c2ccccc21. The van der Waals surface area contributed by atoms with E-state index < -0.39 is 10.7 Å². The molecule has 2 aromatic carbocycles. The fourth-order valence-electron chi connectivity index (χ4n) is 3.90. The van der Waals surface area contributed by atoms with Crippen LogP contribution in [0.25, 0.3) is 17.0 Å². The first-order valence-electron chi connectivity index (χ1n) is 8.68. The van der Waals surface area contributed by atoms with Crippen molar-refractivity contribution < 1.29 is 14.1 Å². The Balaban J connectivity index is 1.87. The summed E-state index contributed by atoms with van der Waals surface area (Å²) in [5, 5.41) is 12.3. The van der Waals surface area contributed by atoms with Crippen LogP contribution in [0, 0.1) is 15.9 Å². The number of carbonyl (C=O) groups is 1. The summed E-state index contributed by atoms with van der Waals surface area (Å²) in [6.07, 6.45) is 4.51. The van der Waals surface area contributed by atoms with Crippen LogP contribution in [-0.2, 0) is 11.8 Å². The quantitative estimate of drug-likeness (QED) is 0.382. The van der Waals surface area contributed by atoms with Crippen LogP contribution in [-0.4, -0.2) is 15.3 Å². The van der Waals surface area contributed by atoms with Crippen LogP contribution in [0.2, 0.25) is 0 Å². The lowest BCUT2D eigenvalue weighted by Crippen LogP contribution is -2.01. The zero-order chi connectivity index (χ0) is 19.1. The topological polar surface area (TPSA) is 65.1 Å². The number of hydrogen-bond acceptors (Lipinski definition) is 3. The fourth-order valence-corrected chi connectivity index (χ4v) is 3.90. The summed E-state index contributed by atoms with van der Waals surface area (Å²) < 4.78 is 15.7. The van der Waals surface area contributed by atoms with E-state index in [9.17, 15) is 19.3 Å². The normalized spacial score (nSPS) is 18.5. The standard InChI is InChI=1S/C21H17FN2O3/c1-23-12-18(16-4-2-3-5-20(16)23)15-7-9-21(25)17(15)11-13-10-14(22)6-8-19(13)24(26)27/h2-6,8,10-12,15H,7,9H2,1H3/b17-11+. The average molecular weight is 364 g/mol. The molecule has 4 rings (SSSR count). The number of nitro benzene ring substituents is 1. The van der Waals surface area contributed by atoms with E-state index in [2.05, 4.69) is 0 Å². The Kier molecular flexibility index (Phi) is 4.11. The van der Waals surface area contributed by atoms with Crippen molar-refractivity contribution in [3.63, 3.8) is 0 Å². The maximum atomic E-state index is 13.7. The van der Waals surface area contributed by atoms with Gasteiger partial charge in [0.05, 0.1) is 10.5 Å². The number of halogens is 1. The summed E-state index contributed by atoms with van der Waals surface area (Å²) in [5.74, 6) is -0.780. The van der Waals surface area contributed by atoms with Gasteiger partial charge in [-0.3, -0.25) is 14.9 Å². The van der Waals surface area contributed by atoms with Crippen molar-refractivity contribution in [2.45, 2.75) is 18.8 Å². The second-order valence-electron chi connectivity index (χ2n) is 6.79. The van der Waals surface area contributed by atoms with Gasteiger partial charge in [-0.2, -0.15) is 0 Å². The molecule has 0 N–H and O–H groups in total. The number of hydrogen-bond donors (Lipinski definition) is 0. The minimum Gasteiger partial charge on any atom is -0.350 e. The van der Waals surface area contributed by atoms with E-state index >= 15 is 0 Å². The maximum Gasteiger partial charge on any atom is 0.276 e. The molecule has 1 fully saturated rings. The molecule has 0 spiro atoms. The number of nitro groups is 1. The number of aromatic nitrogens is 1. The predicted octanol–water partition coefficient (Wildman–Crippen LogP) is 4.76. The van der Waals surface area contributed by atoms with Gasteiger partial charge in [-0.25, -0.2) is 4.39 Å². The monoisotopic (exact) mass is 364 g/mol. The van der Waals surface area contributed by atoms with Crippen LogP contribution in [0.5, 0.6) is 0 Å². The number of para-hydroxylation sites is 1. The van der Waals surface area contributed by atoms with Crippen LogP contribution < -0.4 is 0 Å².